The highest BCUT2D eigenvalue weighted by molar-refractivity contribution is 5.51. The van der Waals surface area contributed by atoms with Crippen molar-refractivity contribution < 1.29 is 9.13 Å². The summed E-state index contributed by atoms with van der Waals surface area (Å²) in [6.07, 6.45) is 0. The number of benzene rings is 1. The first kappa shape index (κ1) is 12.5. The van der Waals surface area contributed by atoms with Crippen LogP contribution in [0.15, 0.2) is 18.2 Å². The van der Waals surface area contributed by atoms with Crippen LogP contribution in [0, 0.1) is 17.1 Å². The maximum Gasteiger partial charge on any atom is 0.147 e. The molecule has 0 amide bonds. The predicted octanol–water partition coefficient (Wildman–Crippen LogP) is 2.17. The van der Waals surface area contributed by atoms with E-state index in [-0.39, 0.29) is 5.82 Å². The molecule has 0 heterocycles. The second-order valence-electron chi connectivity index (χ2n) is 3.35. The fraction of sp³-hybridized carbons (Fsp3) is 0.417. The Morgan fingerprint density at radius 2 is 2.25 bits per heavy atom. The van der Waals surface area contributed by atoms with Crippen LogP contribution in [-0.2, 0) is 4.74 Å². The number of anilines is 1. The monoisotopic (exact) mass is 222 g/mol. The van der Waals surface area contributed by atoms with Crippen LogP contribution in [0.3, 0.4) is 0 Å². The topological polar surface area (TPSA) is 36.3 Å². The van der Waals surface area contributed by atoms with Gasteiger partial charge < -0.3 is 9.64 Å². The quantitative estimate of drug-likeness (QED) is 0.766. The van der Waals surface area contributed by atoms with Gasteiger partial charge in [0.15, 0.2) is 0 Å². The fourth-order valence-corrected chi connectivity index (χ4v) is 1.48. The molecule has 1 aromatic carbocycles. The van der Waals surface area contributed by atoms with Gasteiger partial charge in [0.25, 0.3) is 0 Å². The zero-order valence-corrected chi connectivity index (χ0v) is 9.53. The number of ether oxygens (including phenoxy) is 1. The van der Waals surface area contributed by atoms with Gasteiger partial charge in [-0.1, -0.05) is 0 Å². The molecule has 0 aromatic heterocycles. The minimum absolute atomic E-state index is 0.337. The first-order chi connectivity index (χ1) is 7.72. The minimum atomic E-state index is -0.364. The largest absolute Gasteiger partial charge is 0.383 e. The maximum atomic E-state index is 13.7. The smallest absolute Gasteiger partial charge is 0.147 e. The number of halogens is 1. The minimum Gasteiger partial charge on any atom is -0.383 e. The number of hydrogen-bond donors (Lipinski definition) is 0. The Bertz CT molecular complexity index is 387. The Morgan fingerprint density at radius 1 is 1.50 bits per heavy atom. The number of hydrogen-bond acceptors (Lipinski definition) is 3. The van der Waals surface area contributed by atoms with Crippen LogP contribution in [0.2, 0.25) is 0 Å². The SMILES string of the molecule is CCN(CCOC)c1ccc(C#N)cc1F. The second-order valence-corrected chi connectivity index (χ2v) is 3.35. The summed E-state index contributed by atoms with van der Waals surface area (Å²) in [4.78, 5) is 1.87. The summed E-state index contributed by atoms with van der Waals surface area (Å²) in [6.45, 7) is 3.84. The van der Waals surface area contributed by atoms with E-state index >= 15 is 0 Å². The van der Waals surface area contributed by atoms with Gasteiger partial charge in [-0.3, -0.25) is 0 Å². The van der Waals surface area contributed by atoms with Crippen molar-refractivity contribution in [2.45, 2.75) is 6.92 Å². The first-order valence-electron chi connectivity index (χ1n) is 5.16. The summed E-state index contributed by atoms with van der Waals surface area (Å²) in [5.41, 5.74) is 0.850. The van der Waals surface area contributed by atoms with E-state index < -0.39 is 0 Å². The van der Waals surface area contributed by atoms with Crippen molar-refractivity contribution in [1.29, 1.82) is 5.26 Å². The van der Waals surface area contributed by atoms with Gasteiger partial charge in [0.2, 0.25) is 0 Å². The maximum absolute atomic E-state index is 13.7. The molecule has 0 spiro atoms. The zero-order valence-electron chi connectivity index (χ0n) is 9.53. The molecule has 3 nitrogen and oxygen atoms in total. The lowest BCUT2D eigenvalue weighted by Crippen LogP contribution is -2.27. The molecular formula is C12H15FN2O. The normalized spacial score (nSPS) is 9.88. The Morgan fingerprint density at radius 3 is 2.75 bits per heavy atom. The molecule has 0 bridgehead atoms. The Labute approximate surface area is 95.1 Å². The molecule has 0 fully saturated rings. The van der Waals surface area contributed by atoms with Crippen molar-refractivity contribution in [2.75, 3.05) is 31.7 Å². The van der Waals surface area contributed by atoms with E-state index in [9.17, 15) is 4.39 Å². The lowest BCUT2D eigenvalue weighted by molar-refractivity contribution is 0.205. The van der Waals surface area contributed by atoms with E-state index in [1.807, 2.05) is 17.9 Å². The van der Waals surface area contributed by atoms with E-state index in [1.165, 1.54) is 6.07 Å². The fourth-order valence-electron chi connectivity index (χ4n) is 1.48. The van der Waals surface area contributed by atoms with E-state index in [0.717, 1.165) is 0 Å². The van der Waals surface area contributed by atoms with Crippen molar-refractivity contribution in [2.24, 2.45) is 0 Å². The average molecular weight is 222 g/mol. The van der Waals surface area contributed by atoms with Gasteiger partial charge in [-0.25, -0.2) is 4.39 Å². The van der Waals surface area contributed by atoms with E-state index in [4.69, 9.17) is 10.00 Å². The van der Waals surface area contributed by atoms with Crippen molar-refractivity contribution in [3.05, 3.63) is 29.6 Å². The van der Waals surface area contributed by atoms with E-state index in [0.29, 0.717) is 30.9 Å². The van der Waals surface area contributed by atoms with Gasteiger partial charge in [0.1, 0.15) is 5.82 Å². The van der Waals surface area contributed by atoms with Gasteiger partial charge in [-0.2, -0.15) is 5.26 Å². The van der Waals surface area contributed by atoms with Crippen LogP contribution in [-0.4, -0.2) is 26.8 Å². The summed E-state index contributed by atoms with van der Waals surface area (Å²) < 4.78 is 18.6. The van der Waals surface area contributed by atoms with Crippen LogP contribution >= 0.6 is 0 Å². The summed E-state index contributed by atoms with van der Waals surface area (Å²) >= 11 is 0. The summed E-state index contributed by atoms with van der Waals surface area (Å²) in [5.74, 6) is -0.364. The third kappa shape index (κ3) is 2.94. The second kappa shape index (κ2) is 6.09. The van der Waals surface area contributed by atoms with Gasteiger partial charge >= 0.3 is 0 Å². The molecule has 0 N–H and O–H groups in total. The van der Waals surface area contributed by atoms with Crippen molar-refractivity contribution in [1.82, 2.24) is 0 Å². The van der Waals surface area contributed by atoms with Gasteiger partial charge in [-0.05, 0) is 25.1 Å². The molecule has 16 heavy (non-hydrogen) atoms. The van der Waals surface area contributed by atoms with Crippen LogP contribution in [0.25, 0.3) is 0 Å². The standard InChI is InChI=1S/C12H15FN2O/c1-3-15(6-7-16-2)12-5-4-10(9-14)8-11(12)13/h4-5,8H,3,6-7H2,1-2H3. The highest BCUT2D eigenvalue weighted by atomic mass is 19.1. The number of rotatable bonds is 5. The first-order valence-corrected chi connectivity index (χ1v) is 5.16. The molecule has 0 aliphatic carbocycles. The Balaban J connectivity index is 2.89. The van der Waals surface area contributed by atoms with Crippen LogP contribution in [0.4, 0.5) is 10.1 Å². The molecule has 4 heteroatoms. The van der Waals surface area contributed by atoms with E-state index in [1.54, 1.807) is 19.2 Å². The van der Waals surface area contributed by atoms with Crippen LogP contribution < -0.4 is 4.90 Å². The van der Waals surface area contributed by atoms with Gasteiger partial charge in [-0.15, -0.1) is 0 Å². The molecule has 0 radical (unpaired) electrons. The number of nitriles is 1. The number of nitrogens with zero attached hydrogens (tertiary/aromatic N) is 2. The highest BCUT2D eigenvalue weighted by Crippen LogP contribution is 2.19. The van der Waals surface area contributed by atoms with Gasteiger partial charge in [0, 0.05) is 20.2 Å². The van der Waals surface area contributed by atoms with Crippen LogP contribution in [0.5, 0.6) is 0 Å². The molecule has 0 unspecified atom stereocenters. The number of methoxy groups -OCH3 is 1. The van der Waals surface area contributed by atoms with Crippen molar-refractivity contribution in [3.63, 3.8) is 0 Å². The predicted molar refractivity (Wildman–Crippen MR) is 60.9 cm³/mol. The Hall–Kier alpha value is -1.60. The van der Waals surface area contributed by atoms with Gasteiger partial charge in [0.05, 0.1) is 23.9 Å². The molecule has 0 aliphatic rings. The van der Waals surface area contributed by atoms with Crippen LogP contribution in [0.1, 0.15) is 12.5 Å². The lowest BCUT2D eigenvalue weighted by Gasteiger charge is -2.23. The molecule has 86 valence electrons. The summed E-state index contributed by atoms with van der Waals surface area (Å²) in [6, 6.07) is 6.42. The molecule has 1 aromatic rings. The molecular weight excluding hydrogens is 207 g/mol. The molecule has 0 saturated carbocycles. The molecule has 0 aliphatic heterocycles. The average Bonchev–Trinajstić information content (AvgIpc) is 2.31. The number of likely N-dealkylation sites (N-methyl/N-ethyl adjacent to an activating group) is 1. The summed E-state index contributed by atoms with van der Waals surface area (Å²) in [5, 5.41) is 8.64. The van der Waals surface area contributed by atoms with Crippen molar-refractivity contribution >= 4 is 5.69 Å². The lowest BCUT2D eigenvalue weighted by atomic mass is 10.2. The van der Waals surface area contributed by atoms with E-state index in [2.05, 4.69) is 0 Å². The Kier molecular flexibility index (Phi) is 4.74. The molecule has 0 atom stereocenters. The summed E-state index contributed by atoms with van der Waals surface area (Å²) in [7, 11) is 1.61. The molecule has 0 saturated heterocycles. The van der Waals surface area contributed by atoms with Crippen molar-refractivity contribution in [3.8, 4) is 6.07 Å². The third-order valence-corrected chi connectivity index (χ3v) is 2.36. The third-order valence-electron chi connectivity index (χ3n) is 2.36. The molecule has 1 rings (SSSR count). The highest BCUT2D eigenvalue weighted by Gasteiger charge is 2.10. The zero-order chi connectivity index (χ0) is 12.0.